The molecule has 0 aromatic heterocycles. The van der Waals surface area contributed by atoms with Crippen LogP contribution >= 0.6 is 0 Å². The molecule has 3 nitrogen and oxygen atoms in total. The Kier molecular flexibility index (Phi) is 4.25. The maximum Gasteiger partial charge on any atom is 0.263 e. The fourth-order valence-corrected chi connectivity index (χ4v) is 1.67. The van der Waals surface area contributed by atoms with Crippen LogP contribution in [0.2, 0.25) is 0 Å². The first-order valence-electron chi connectivity index (χ1n) is 6.04. The van der Waals surface area contributed by atoms with E-state index < -0.39 is 6.43 Å². The smallest absolute Gasteiger partial charge is 0.263 e. The molecule has 98 valence electrons. The van der Waals surface area contributed by atoms with Gasteiger partial charge in [0.1, 0.15) is 0 Å². The molecule has 0 heterocycles. The number of amides is 1. The lowest BCUT2D eigenvalue weighted by Gasteiger charge is -2.07. The van der Waals surface area contributed by atoms with Crippen molar-refractivity contribution in [2.24, 2.45) is 5.92 Å². The van der Waals surface area contributed by atoms with Crippen molar-refractivity contribution in [3.8, 4) is 0 Å². The molecule has 18 heavy (non-hydrogen) atoms. The molecule has 5 heteroatoms. The standard InChI is InChI=1S/C13H16F2N2O/c14-13(15)10-2-1-3-11(6-10)17-12(18)8-16-7-9-4-5-9/h1-3,6,9,13,16H,4-5,7-8H2,(H,17,18). The summed E-state index contributed by atoms with van der Waals surface area (Å²) < 4.78 is 24.9. The average Bonchev–Trinajstić information content (AvgIpc) is 3.13. The van der Waals surface area contributed by atoms with Gasteiger partial charge in [0.15, 0.2) is 0 Å². The summed E-state index contributed by atoms with van der Waals surface area (Å²) in [4.78, 5) is 11.5. The SMILES string of the molecule is O=C(CNCC1CC1)Nc1cccc(C(F)F)c1. The molecule has 0 saturated heterocycles. The summed E-state index contributed by atoms with van der Waals surface area (Å²) in [5.41, 5.74) is 0.324. The normalized spacial score (nSPS) is 14.8. The second-order valence-corrected chi connectivity index (χ2v) is 4.55. The second kappa shape index (κ2) is 5.91. The van der Waals surface area contributed by atoms with Gasteiger partial charge in [0.25, 0.3) is 6.43 Å². The number of carbonyl (C=O) groups excluding carboxylic acids is 1. The van der Waals surface area contributed by atoms with Crippen LogP contribution in [0.3, 0.4) is 0 Å². The van der Waals surface area contributed by atoms with Gasteiger partial charge < -0.3 is 10.6 Å². The topological polar surface area (TPSA) is 41.1 Å². The molecule has 2 N–H and O–H groups in total. The van der Waals surface area contributed by atoms with Gasteiger partial charge in [0.05, 0.1) is 6.54 Å². The number of hydrogen-bond acceptors (Lipinski definition) is 2. The Bertz CT molecular complexity index is 419. The van der Waals surface area contributed by atoms with Gasteiger partial charge in [-0.05, 0) is 37.4 Å². The van der Waals surface area contributed by atoms with Crippen molar-refractivity contribution in [2.75, 3.05) is 18.4 Å². The van der Waals surface area contributed by atoms with E-state index in [1.807, 2.05) is 0 Å². The molecule has 0 radical (unpaired) electrons. The summed E-state index contributed by atoms with van der Waals surface area (Å²) in [5.74, 6) is 0.502. The van der Waals surface area contributed by atoms with E-state index in [1.54, 1.807) is 6.07 Å². The highest BCUT2D eigenvalue weighted by Gasteiger charge is 2.20. The number of nitrogens with one attached hydrogen (secondary N) is 2. The number of halogens is 2. The molecule has 1 aliphatic carbocycles. The molecule has 0 spiro atoms. The molecule has 0 bridgehead atoms. The Labute approximate surface area is 105 Å². The zero-order valence-electron chi connectivity index (χ0n) is 9.96. The molecule has 1 amide bonds. The number of carbonyl (C=O) groups is 1. The van der Waals surface area contributed by atoms with E-state index >= 15 is 0 Å². The highest BCUT2D eigenvalue weighted by molar-refractivity contribution is 5.92. The molecule has 1 fully saturated rings. The fourth-order valence-electron chi connectivity index (χ4n) is 1.67. The van der Waals surface area contributed by atoms with Crippen LogP contribution in [0.5, 0.6) is 0 Å². The lowest BCUT2D eigenvalue weighted by molar-refractivity contribution is -0.115. The lowest BCUT2D eigenvalue weighted by Crippen LogP contribution is -2.29. The van der Waals surface area contributed by atoms with Crippen molar-refractivity contribution in [3.63, 3.8) is 0 Å². The van der Waals surface area contributed by atoms with Crippen LogP contribution in [0, 0.1) is 5.92 Å². The van der Waals surface area contributed by atoms with Crippen LogP contribution in [0.1, 0.15) is 24.8 Å². The number of alkyl halides is 2. The van der Waals surface area contributed by atoms with Crippen LogP contribution in [-0.4, -0.2) is 19.0 Å². The largest absolute Gasteiger partial charge is 0.325 e. The van der Waals surface area contributed by atoms with Crippen LogP contribution in [0.15, 0.2) is 24.3 Å². The molecule has 0 unspecified atom stereocenters. The third kappa shape index (κ3) is 4.07. The van der Waals surface area contributed by atoms with Crippen molar-refractivity contribution < 1.29 is 13.6 Å². The second-order valence-electron chi connectivity index (χ2n) is 4.55. The number of anilines is 1. The van der Waals surface area contributed by atoms with E-state index in [-0.39, 0.29) is 18.0 Å². The first kappa shape index (κ1) is 13.0. The Morgan fingerprint density at radius 2 is 2.17 bits per heavy atom. The van der Waals surface area contributed by atoms with E-state index in [2.05, 4.69) is 10.6 Å². The average molecular weight is 254 g/mol. The summed E-state index contributed by atoms with van der Waals surface area (Å²) >= 11 is 0. The number of hydrogen-bond donors (Lipinski definition) is 2. The predicted octanol–water partition coefficient (Wildman–Crippen LogP) is 2.56. The van der Waals surface area contributed by atoms with Crippen LogP contribution in [-0.2, 0) is 4.79 Å². The van der Waals surface area contributed by atoms with Gasteiger partial charge in [-0.1, -0.05) is 12.1 Å². The lowest BCUT2D eigenvalue weighted by atomic mass is 10.2. The zero-order chi connectivity index (χ0) is 13.0. The monoisotopic (exact) mass is 254 g/mol. The summed E-state index contributed by atoms with van der Waals surface area (Å²) in [5, 5.41) is 5.64. The van der Waals surface area contributed by atoms with Crippen molar-refractivity contribution in [3.05, 3.63) is 29.8 Å². The maximum absolute atomic E-state index is 12.5. The van der Waals surface area contributed by atoms with E-state index in [4.69, 9.17) is 0 Å². The molecule has 1 aliphatic rings. The minimum atomic E-state index is -2.52. The Balaban J connectivity index is 1.79. The Morgan fingerprint density at radius 3 is 2.83 bits per heavy atom. The molecule has 1 saturated carbocycles. The van der Waals surface area contributed by atoms with Gasteiger partial charge in [-0.15, -0.1) is 0 Å². The van der Waals surface area contributed by atoms with Gasteiger partial charge in [-0.2, -0.15) is 0 Å². The molecular weight excluding hydrogens is 238 g/mol. The Morgan fingerprint density at radius 1 is 1.39 bits per heavy atom. The third-order valence-electron chi connectivity index (χ3n) is 2.84. The van der Waals surface area contributed by atoms with Gasteiger partial charge in [0, 0.05) is 11.3 Å². The Hall–Kier alpha value is -1.49. The minimum Gasteiger partial charge on any atom is -0.325 e. The molecule has 2 rings (SSSR count). The highest BCUT2D eigenvalue weighted by atomic mass is 19.3. The fraction of sp³-hybridized carbons (Fsp3) is 0.462. The van der Waals surface area contributed by atoms with E-state index in [9.17, 15) is 13.6 Å². The highest BCUT2D eigenvalue weighted by Crippen LogP contribution is 2.27. The molecular formula is C13H16F2N2O. The molecule has 0 aliphatic heterocycles. The van der Waals surface area contributed by atoms with Crippen molar-refractivity contribution in [1.82, 2.24) is 5.32 Å². The minimum absolute atomic E-state index is 0.0845. The predicted molar refractivity (Wildman–Crippen MR) is 65.6 cm³/mol. The first-order chi connectivity index (χ1) is 8.65. The van der Waals surface area contributed by atoms with E-state index in [0.29, 0.717) is 11.6 Å². The summed E-state index contributed by atoms with van der Waals surface area (Å²) in [6, 6.07) is 5.74. The first-order valence-corrected chi connectivity index (χ1v) is 6.04. The van der Waals surface area contributed by atoms with Crippen LogP contribution < -0.4 is 10.6 Å². The number of benzene rings is 1. The maximum atomic E-state index is 12.5. The van der Waals surface area contributed by atoms with Gasteiger partial charge in [-0.3, -0.25) is 4.79 Å². The van der Waals surface area contributed by atoms with Crippen molar-refractivity contribution in [1.29, 1.82) is 0 Å². The summed E-state index contributed by atoms with van der Waals surface area (Å²) in [6.07, 6.45) is -0.0642. The van der Waals surface area contributed by atoms with Gasteiger partial charge >= 0.3 is 0 Å². The molecule has 1 aromatic carbocycles. The molecule has 0 atom stereocenters. The third-order valence-corrected chi connectivity index (χ3v) is 2.84. The van der Waals surface area contributed by atoms with Gasteiger partial charge in [0.2, 0.25) is 5.91 Å². The van der Waals surface area contributed by atoms with Crippen LogP contribution in [0.25, 0.3) is 0 Å². The van der Waals surface area contributed by atoms with Gasteiger partial charge in [-0.25, -0.2) is 8.78 Å². The quantitative estimate of drug-likeness (QED) is 0.819. The van der Waals surface area contributed by atoms with E-state index in [0.717, 1.165) is 6.54 Å². The number of rotatable bonds is 6. The zero-order valence-corrected chi connectivity index (χ0v) is 9.96. The summed E-state index contributed by atoms with van der Waals surface area (Å²) in [7, 11) is 0. The van der Waals surface area contributed by atoms with E-state index in [1.165, 1.54) is 31.0 Å². The van der Waals surface area contributed by atoms with Crippen molar-refractivity contribution >= 4 is 11.6 Å². The molecule has 1 aromatic rings. The van der Waals surface area contributed by atoms with Crippen molar-refractivity contribution in [2.45, 2.75) is 19.3 Å². The van der Waals surface area contributed by atoms with Crippen LogP contribution in [0.4, 0.5) is 14.5 Å². The summed E-state index contributed by atoms with van der Waals surface area (Å²) in [6.45, 7) is 1.07.